The van der Waals surface area contributed by atoms with E-state index in [-0.39, 0.29) is 11.3 Å². The number of anilines is 1. The summed E-state index contributed by atoms with van der Waals surface area (Å²) in [7, 11) is 1.56. The summed E-state index contributed by atoms with van der Waals surface area (Å²) in [5.74, 6) is -0.333. The highest BCUT2D eigenvalue weighted by Crippen LogP contribution is 2.28. The molecule has 2 aromatic rings. The van der Waals surface area contributed by atoms with Gasteiger partial charge in [0.05, 0.1) is 31.6 Å². The molecule has 2 aromatic carbocycles. The van der Waals surface area contributed by atoms with Gasteiger partial charge in [-0.1, -0.05) is 18.2 Å². The third-order valence-electron chi connectivity index (χ3n) is 4.80. The van der Waals surface area contributed by atoms with Crippen LogP contribution in [0.15, 0.2) is 48.5 Å². The predicted molar refractivity (Wildman–Crippen MR) is 117 cm³/mol. The van der Waals surface area contributed by atoms with Gasteiger partial charge in [0, 0.05) is 25.7 Å². The van der Waals surface area contributed by atoms with Gasteiger partial charge in [-0.2, -0.15) is 0 Å². The highest BCUT2D eigenvalue weighted by atomic mass is 16.5. The molecule has 1 fully saturated rings. The van der Waals surface area contributed by atoms with Gasteiger partial charge >= 0.3 is 5.97 Å². The van der Waals surface area contributed by atoms with Gasteiger partial charge in [0.15, 0.2) is 11.5 Å². The third-order valence-corrected chi connectivity index (χ3v) is 4.80. The maximum Gasteiger partial charge on any atom is 0.337 e. The number of carbonyl (C=O) groups excluding carboxylic acids is 1. The number of para-hydroxylation sites is 1. The second kappa shape index (κ2) is 11.1. The van der Waals surface area contributed by atoms with E-state index in [1.165, 1.54) is 12.1 Å². The maximum absolute atomic E-state index is 12.2. The molecule has 0 radical (unpaired) electrons. The summed E-state index contributed by atoms with van der Waals surface area (Å²) >= 11 is 0. The van der Waals surface area contributed by atoms with E-state index in [0.717, 1.165) is 38.4 Å². The summed E-state index contributed by atoms with van der Waals surface area (Å²) in [6, 6.07) is 11.6. The zero-order valence-electron chi connectivity index (χ0n) is 17.4. The van der Waals surface area contributed by atoms with Crippen LogP contribution in [0.25, 0.3) is 6.08 Å². The first-order valence-electron chi connectivity index (χ1n) is 9.99. The van der Waals surface area contributed by atoms with Gasteiger partial charge in [-0.3, -0.25) is 9.69 Å². The number of benzene rings is 2. The average molecular weight is 426 g/mol. The number of rotatable bonds is 9. The molecule has 0 spiro atoms. The van der Waals surface area contributed by atoms with E-state index in [4.69, 9.17) is 14.2 Å². The molecule has 1 saturated heterocycles. The van der Waals surface area contributed by atoms with Crippen molar-refractivity contribution in [1.29, 1.82) is 0 Å². The van der Waals surface area contributed by atoms with Crippen molar-refractivity contribution in [2.45, 2.75) is 0 Å². The Kier molecular flexibility index (Phi) is 8.03. The minimum absolute atomic E-state index is 0.0319. The SMILES string of the molecule is COc1cc(C=CC(=O)Nc2ccccc2C(=O)O)ccc1OCCN1CCOCC1. The van der Waals surface area contributed by atoms with Crippen molar-refractivity contribution in [2.75, 3.05) is 51.9 Å². The van der Waals surface area contributed by atoms with Crippen molar-refractivity contribution >= 4 is 23.6 Å². The standard InChI is InChI=1S/C23H26N2O6/c1-29-21-16-17(6-8-20(21)31-15-12-25-10-13-30-14-11-25)7-9-22(26)24-19-5-3-2-4-18(19)23(27)28/h2-9,16H,10-15H2,1H3,(H,24,26)(H,27,28). The summed E-state index contributed by atoms with van der Waals surface area (Å²) in [5, 5.41) is 11.8. The Morgan fingerprint density at radius 3 is 2.68 bits per heavy atom. The molecule has 0 aromatic heterocycles. The van der Waals surface area contributed by atoms with Crippen molar-refractivity contribution < 1.29 is 28.9 Å². The summed E-state index contributed by atoms with van der Waals surface area (Å²) in [6.07, 6.45) is 2.96. The number of morpholine rings is 1. The summed E-state index contributed by atoms with van der Waals surface area (Å²) in [6.45, 7) is 4.66. The van der Waals surface area contributed by atoms with E-state index in [0.29, 0.717) is 18.1 Å². The summed E-state index contributed by atoms with van der Waals surface area (Å²) < 4.78 is 16.6. The quantitative estimate of drug-likeness (QED) is 0.595. The number of hydrogen-bond donors (Lipinski definition) is 2. The van der Waals surface area contributed by atoms with Crippen molar-refractivity contribution in [2.24, 2.45) is 0 Å². The monoisotopic (exact) mass is 426 g/mol. The molecule has 8 heteroatoms. The van der Waals surface area contributed by atoms with Gasteiger partial charge in [0.25, 0.3) is 0 Å². The average Bonchev–Trinajstić information content (AvgIpc) is 2.79. The molecule has 0 aliphatic carbocycles. The molecule has 1 heterocycles. The van der Waals surface area contributed by atoms with Crippen LogP contribution in [-0.2, 0) is 9.53 Å². The molecule has 0 atom stereocenters. The number of ether oxygens (including phenoxy) is 3. The number of carbonyl (C=O) groups is 2. The van der Waals surface area contributed by atoms with Gasteiger partial charge in [0.1, 0.15) is 6.61 Å². The van der Waals surface area contributed by atoms with Gasteiger partial charge in [-0.05, 0) is 35.9 Å². The smallest absolute Gasteiger partial charge is 0.337 e. The number of nitrogens with zero attached hydrogens (tertiary/aromatic N) is 1. The molecule has 3 rings (SSSR count). The molecule has 1 aliphatic heterocycles. The molecule has 8 nitrogen and oxygen atoms in total. The normalized spacial score (nSPS) is 14.4. The van der Waals surface area contributed by atoms with Gasteiger partial charge in [0.2, 0.25) is 5.91 Å². The number of methoxy groups -OCH3 is 1. The number of nitrogens with one attached hydrogen (secondary N) is 1. The lowest BCUT2D eigenvalue weighted by molar-refractivity contribution is -0.111. The Labute approximate surface area is 181 Å². The van der Waals surface area contributed by atoms with Crippen LogP contribution in [0.1, 0.15) is 15.9 Å². The van der Waals surface area contributed by atoms with E-state index >= 15 is 0 Å². The van der Waals surface area contributed by atoms with E-state index in [1.807, 2.05) is 6.07 Å². The Morgan fingerprint density at radius 1 is 1.16 bits per heavy atom. The van der Waals surface area contributed by atoms with Crippen LogP contribution in [0.3, 0.4) is 0 Å². The zero-order valence-corrected chi connectivity index (χ0v) is 17.4. The Hall–Kier alpha value is -3.36. The summed E-state index contributed by atoms with van der Waals surface area (Å²) in [5.41, 5.74) is 1.02. The highest BCUT2D eigenvalue weighted by molar-refractivity contribution is 6.06. The topological polar surface area (TPSA) is 97.3 Å². The lowest BCUT2D eigenvalue weighted by Crippen LogP contribution is -2.38. The molecule has 1 amide bonds. The second-order valence-corrected chi connectivity index (χ2v) is 6.89. The molecule has 0 bridgehead atoms. The molecular weight excluding hydrogens is 400 g/mol. The van der Waals surface area contributed by atoms with E-state index in [1.54, 1.807) is 43.5 Å². The first-order valence-corrected chi connectivity index (χ1v) is 9.99. The zero-order chi connectivity index (χ0) is 22.1. The minimum Gasteiger partial charge on any atom is -0.493 e. The molecule has 0 unspecified atom stereocenters. The number of hydrogen-bond acceptors (Lipinski definition) is 6. The lowest BCUT2D eigenvalue weighted by Gasteiger charge is -2.26. The molecule has 164 valence electrons. The maximum atomic E-state index is 12.2. The van der Waals surface area contributed by atoms with Crippen LogP contribution in [0.4, 0.5) is 5.69 Å². The fraction of sp³-hybridized carbons (Fsp3) is 0.304. The van der Waals surface area contributed by atoms with Crippen molar-refractivity contribution in [3.63, 3.8) is 0 Å². The Balaban J connectivity index is 1.58. The predicted octanol–water partition coefficient (Wildman–Crippen LogP) is 2.76. The molecular formula is C23H26N2O6. The van der Waals surface area contributed by atoms with Crippen LogP contribution in [-0.4, -0.2) is 68.4 Å². The second-order valence-electron chi connectivity index (χ2n) is 6.89. The van der Waals surface area contributed by atoms with Crippen LogP contribution >= 0.6 is 0 Å². The van der Waals surface area contributed by atoms with E-state index < -0.39 is 11.9 Å². The number of carboxylic acids is 1. The minimum atomic E-state index is -1.10. The van der Waals surface area contributed by atoms with E-state index in [9.17, 15) is 14.7 Å². The van der Waals surface area contributed by atoms with Crippen molar-refractivity contribution in [1.82, 2.24) is 4.90 Å². The van der Waals surface area contributed by atoms with Crippen molar-refractivity contribution in [3.8, 4) is 11.5 Å². The fourth-order valence-corrected chi connectivity index (χ4v) is 3.14. The first kappa shape index (κ1) is 22.3. The van der Waals surface area contributed by atoms with Gasteiger partial charge in [-0.15, -0.1) is 0 Å². The molecule has 31 heavy (non-hydrogen) atoms. The number of amides is 1. The largest absolute Gasteiger partial charge is 0.493 e. The Bertz CT molecular complexity index is 937. The van der Waals surface area contributed by atoms with Gasteiger partial charge in [-0.25, -0.2) is 4.79 Å². The van der Waals surface area contributed by atoms with Gasteiger partial charge < -0.3 is 24.6 Å². The van der Waals surface area contributed by atoms with E-state index in [2.05, 4.69) is 10.2 Å². The van der Waals surface area contributed by atoms with Crippen LogP contribution in [0.5, 0.6) is 11.5 Å². The lowest BCUT2D eigenvalue weighted by atomic mass is 10.1. The highest BCUT2D eigenvalue weighted by Gasteiger charge is 2.12. The first-order chi connectivity index (χ1) is 15.1. The van der Waals surface area contributed by atoms with Crippen LogP contribution < -0.4 is 14.8 Å². The summed E-state index contributed by atoms with van der Waals surface area (Å²) in [4.78, 5) is 25.7. The Morgan fingerprint density at radius 2 is 1.94 bits per heavy atom. The fourth-order valence-electron chi connectivity index (χ4n) is 3.14. The molecule has 0 saturated carbocycles. The number of carboxylic acid groups (broad SMARTS) is 1. The van der Waals surface area contributed by atoms with Crippen LogP contribution in [0.2, 0.25) is 0 Å². The van der Waals surface area contributed by atoms with Crippen molar-refractivity contribution in [3.05, 3.63) is 59.7 Å². The molecule has 1 aliphatic rings. The number of aromatic carboxylic acids is 1. The van der Waals surface area contributed by atoms with Crippen LogP contribution in [0, 0.1) is 0 Å². The molecule has 2 N–H and O–H groups in total. The third kappa shape index (κ3) is 6.56.